The summed E-state index contributed by atoms with van der Waals surface area (Å²) >= 11 is 0. The molecule has 0 heterocycles. The number of ether oxygens (including phenoxy) is 1. The van der Waals surface area contributed by atoms with Crippen LogP contribution in [0.1, 0.15) is 27.0 Å². The molecule has 0 aliphatic carbocycles. The lowest BCUT2D eigenvalue weighted by Gasteiger charge is -2.04. The van der Waals surface area contributed by atoms with Crippen LogP contribution in [0.2, 0.25) is 0 Å². The summed E-state index contributed by atoms with van der Waals surface area (Å²) < 4.78 is 5.00. The van der Waals surface area contributed by atoms with Crippen LogP contribution in [-0.4, -0.2) is 18.0 Å². The Morgan fingerprint density at radius 2 is 1.90 bits per heavy atom. The molecule has 0 aromatic heterocycles. The molecule has 0 aliphatic rings. The van der Waals surface area contributed by atoms with Crippen molar-refractivity contribution in [2.24, 2.45) is 0 Å². The molecule has 0 radical (unpaired) electrons. The van der Waals surface area contributed by atoms with Gasteiger partial charge in [-0.2, -0.15) is 0 Å². The molecule has 108 valence electrons. The summed E-state index contributed by atoms with van der Waals surface area (Å²) in [5.74, 6) is 0.182. The topological polar surface area (TPSA) is 46.5 Å². The monoisotopic (exact) mass is 282 g/mol. The third-order valence-electron chi connectivity index (χ3n) is 3.30. The molecule has 0 saturated heterocycles. The molecular formula is C18H18O3. The minimum absolute atomic E-state index is 0.0207. The molecule has 0 amide bonds. The molecule has 0 atom stereocenters. The van der Waals surface area contributed by atoms with E-state index in [0.717, 1.165) is 11.1 Å². The molecule has 0 unspecified atom stereocenters. The van der Waals surface area contributed by atoms with E-state index in [-0.39, 0.29) is 11.5 Å². The SMILES string of the molecule is COc1cc(C(=O)/C=C/c2ccc(C)cc2C)ccc1O. The number of phenols is 1. The Labute approximate surface area is 124 Å². The molecule has 0 spiro atoms. The van der Waals surface area contributed by atoms with Crippen molar-refractivity contribution in [1.82, 2.24) is 0 Å². The van der Waals surface area contributed by atoms with Gasteiger partial charge in [-0.15, -0.1) is 0 Å². The van der Waals surface area contributed by atoms with E-state index in [9.17, 15) is 9.90 Å². The predicted molar refractivity (Wildman–Crippen MR) is 83.9 cm³/mol. The highest BCUT2D eigenvalue weighted by atomic mass is 16.5. The fraction of sp³-hybridized carbons (Fsp3) is 0.167. The molecular weight excluding hydrogens is 264 g/mol. The molecule has 2 aromatic rings. The first-order chi connectivity index (χ1) is 10.0. The highest BCUT2D eigenvalue weighted by molar-refractivity contribution is 6.07. The van der Waals surface area contributed by atoms with Gasteiger partial charge in [0.1, 0.15) is 0 Å². The van der Waals surface area contributed by atoms with E-state index in [1.807, 2.05) is 26.0 Å². The molecule has 0 saturated carbocycles. The lowest BCUT2D eigenvalue weighted by Crippen LogP contribution is -1.95. The number of methoxy groups -OCH3 is 1. The fourth-order valence-electron chi connectivity index (χ4n) is 2.11. The molecule has 2 rings (SSSR count). The van der Waals surface area contributed by atoms with Crippen molar-refractivity contribution in [2.75, 3.05) is 7.11 Å². The summed E-state index contributed by atoms with van der Waals surface area (Å²) in [6.07, 6.45) is 3.33. The molecule has 21 heavy (non-hydrogen) atoms. The third kappa shape index (κ3) is 3.51. The van der Waals surface area contributed by atoms with E-state index in [1.165, 1.54) is 30.9 Å². The van der Waals surface area contributed by atoms with E-state index in [0.29, 0.717) is 11.3 Å². The fourth-order valence-corrected chi connectivity index (χ4v) is 2.11. The molecule has 1 N–H and O–H groups in total. The number of aromatic hydroxyl groups is 1. The van der Waals surface area contributed by atoms with Crippen molar-refractivity contribution in [3.8, 4) is 11.5 Å². The predicted octanol–water partition coefficient (Wildman–Crippen LogP) is 3.91. The Morgan fingerprint density at radius 3 is 2.57 bits per heavy atom. The zero-order chi connectivity index (χ0) is 15.4. The lowest BCUT2D eigenvalue weighted by molar-refractivity contribution is 0.104. The number of aryl methyl sites for hydroxylation is 2. The van der Waals surface area contributed by atoms with E-state index in [1.54, 1.807) is 12.1 Å². The minimum Gasteiger partial charge on any atom is -0.504 e. The van der Waals surface area contributed by atoms with Crippen molar-refractivity contribution in [2.45, 2.75) is 13.8 Å². The number of rotatable bonds is 4. The third-order valence-corrected chi connectivity index (χ3v) is 3.30. The Balaban J connectivity index is 2.23. The van der Waals surface area contributed by atoms with E-state index in [2.05, 4.69) is 6.07 Å². The van der Waals surface area contributed by atoms with E-state index < -0.39 is 0 Å². The van der Waals surface area contributed by atoms with Gasteiger partial charge >= 0.3 is 0 Å². The van der Waals surface area contributed by atoms with Crippen molar-refractivity contribution in [3.05, 3.63) is 64.7 Å². The first kappa shape index (κ1) is 14.9. The normalized spacial score (nSPS) is 10.8. The first-order valence-corrected chi connectivity index (χ1v) is 6.68. The van der Waals surface area contributed by atoms with Crippen LogP contribution >= 0.6 is 0 Å². The zero-order valence-electron chi connectivity index (χ0n) is 12.4. The molecule has 3 heteroatoms. The molecule has 0 bridgehead atoms. The highest BCUT2D eigenvalue weighted by Gasteiger charge is 2.07. The summed E-state index contributed by atoms with van der Waals surface area (Å²) in [7, 11) is 1.45. The summed E-state index contributed by atoms with van der Waals surface area (Å²) in [6.45, 7) is 4.05. The maximum atomic E-state index is 12.2. The van der Waals surface area contributed by atoms with E-state index >= 15 is 0 Å². The van der Waals surface area contributed by atoms with Gasteiger partial charge in [0.05, 0.1) is 7.11 Å². The molecule has 0 fully saturated rings. The maximum Gasteiger partial charge on any atom is 0.185 e. The summed E-state index contributed by atoms with van der Waals surface area (Å²) in [5.41, 5.74) is 3.81. The smallest absolute Gasteiger partial charge is 0.185 e. The largest absolute Gasteiger partial charge is 0.504 e. The van der Waals surface area contributed by atoms with Crippen LogP contribution in [-0.2, 0) is 0 Å². The number of hydrogen-bond donors (Lipinski definition) is 1. The van der Waals surface area contributed by atoms with Gasteiger partial charge < -0.3 is 9.84 Å². The van der Waals surface area contributed by atoms with Crippen molar-refractivity contribution in [3.63, 3.8) is 0 Å². The van der Waals surface area contributed by atoms with Gasteiger partial charge in [0.15, 0.2) is 17.3 Å². The van der Waals surface area contributed by atoms with Crippen LogP contribution in [0.25, 0.3) is 6.08 Å². The Bertz CT molecular complexity index is 700. The van der Waals surface area contributed by atoms with E-state index in [4.69, 9.17) is 4.74 Å². The lowest BCUT2D eigenvalue weighted by atomic mass is 10.0. The van der Waals surface area contributed by atoms with Gasteiger partial charge in [-0.25, -0.2) is 0 Å². The van der Waals surface area contributed by atoms with Crippen molar-refractivity contribution in [1.29, 1.82) is 0 Å². The summed E-state index contributed by atoms with van der Waals surface area (Å²) in [6, 6.07) is 10.6. The second kappa shape index (κ2) is 6.27. The standard InChI is InChI=1S/C18H18O3/c1-12-4-5-14(13(2)10-12)6-8-16(19)15-7-9-17(20)18(11-15)21-3/h4-11,20H,1-3H3/b8-6+. The second-order valence-electron chi connectivity index (χ2n) is 4.94. The number of benzene rings is 2. The van der Waals surface area contributed by atoms with Crippen LogP contribution in [0, 0.1) is 13.8 Å². The Morgan fingerprint density at radius 1 is 1.14 bits per heavy atom. The van der Waals surface area contributed by atoms with Crippen LogP contribution in [0.3, 0.4) is 0 Å². The average Bonchev–Trinajstić information content (AvgIpc) is 2.46. The highest BCUT2D eigenvalue weighted by Crippen LogP contribution is 2.26. The van der Waals surface area contributed by atoms with Crippen LogP contribution < -0.4 is 4.74 Å². The minimum atomic E-state index is -0.131. The van der Waals surface area contributed by atoms with Gasteiger partial charge in [0.2, 0.25) is 0 Å². The van der Waals surface area contributed by atoms with Crippen LogP contribution in [0.15, 0.2) is 42.5 Å². The van der Waals surface area contributed by atoms with Crippen LogP contribution in [0.5, 0.6) is 11.5 Å². The van der Waals surface area contributed by atoms with Gasteiger partial charge in [0, 0.05) is 5.56 Å². The number of allylic oxidation sites excluding steroid dienone is 1. The number of carbonyl (C=O) groups is 1. The van der Waals surface area contributed by atoms with Gasteiger partial charge in [-0.3, -0.25) is 4.79 Å². The van der Waals surface area contributed by atoms with Gasteiger partial charge in [0.25, 0.3) is 0 Å². The summed E-state index contributed by atoms with van der Waals surface area (Å²) in [4.78, 5) is 12.2. The summed E-state index contributed by atoms with van der Waals surface area (Å²) in [5, 5.41) is 9.53. The Hall–Kier alpha value is -2.55. The first-order valence-electron chi connectivity index (χ1n) is 6.68. The van der Waals surface area contributed by atoms with Crippen molar-refractivity contribution >= 4 is 11.9 Å². The second-order valence-corrected chi connectivity index (χ2v) is 4.94. The zero-order valence-corrected chi connectivity index (χ0v) is 12.4. The van der Waals surface area contributed by atoms with Crippen LogP contribution in [0.4, 0.5) is 0 Å². The average molecular weight is 282 g/mol. The number of ketones is 1. The quantitative estimate of drug-likeness (QED) is 0.683. The Kier molecular flexibility index (Phi) is 4.43. The van der Waals surface area contributed by atoms with Gasteiger partial charge in [-0.05, 0) is 49.2 Å². The molecule has 0 aliphatic heterocycles. The number of carbonyl (C=O) groups excluding carboxylic acids is 1. The van der Waals surface area contributed by atoms with Crippen molar-refractivity contribution < 1.29 is 14.6 Å². The molecule has 2 aromatic carbocycles. The number of phenolic OH excluding ortho intramolecular Hbond substituents is 1. The maximum absolute atomic E-state index is 12.2. The molecule has 3 nitrogen and oxygen atoms in total. The number of hydrogen-bond acceptors (Lipinski definition) is 3. The van der Waals surface area contributed by atoms with Gasteiger partial charge in [-0.1, -0.05) is 29.8 Å².